The van der Waals surface area contributed by atoms with Crippen LogP contribution in [0.5, 0.6) is 0 Å². The fourth-order valence-electron chi connectivity index (χ4n) is 3.56. The Balaban J connectivity index is 1.79. The third-order valence-electron chi connectivity index (χ3n) is 5.17. The number of carbonyl (C=O) groups is 2. The molecule has 0 bridgehead atoms. The fraction of sp³-hybridized carbons (Fsp3) is 0.0370. The molecule has 0 spiro atoms. The van der Waals surface area contributed by atoms with Gasteiger partial charge in [0.05, 0.1) is 12.7 Å². The number of methoxy groups -OCH3 is 1. The number of esters is 1. The van der Waals surface area contributed by atoms with Gasteiger partial charge in [0.25, 0.3) is 0 Å². The summed E-state index contributed by atoms with van der Waals surface area (Å²) in [4.78, 5) is 26.1. The van der Waals surface area contributed by atoms with Crippen LogP contribution >= 0.6 is 31.9 Å². The van der Waals surface area contributed by atoms with Gasteiger partial charge in [-0.1, -0.05) is 92.5 Å². The van der Waals surface area contributed by atoms with Crippen LogP contribution in [-0.4, -0.2) is 18.9 Å². The minimum atomic E-state index is -0.487. The number of ketones is 1. The first-order valence-corrected chi connectivity index (χ1v) is 11.4. The molecule has 4 aromatic rings. The minimum Gasteiger partial charge on any atom is -0.465 e. The molecule has 0 aromatic heterocycles. The minimum absolute atomic E-state index is 0.156. The fourth-order valence-corrected chi connectivity index (χ4v) is 4.09. The molecule has 0 aliphatic carbocycles. The molecule has 0 unspecified atom stereocenters. The summed E-state index contributed by atoms with van der Waals surface area (Å²) in [6.07, 6.45) is 0. The van der Waals surface area contributed by atoms with E-state index >= 15 is 0 Å². The lowest BCUT2D eigenvalue weighted by Gasteiger charge is -2.13. The van der Waals surface area contributed by atoms with Crippen LogP contribution in [0, 0.1) is 0 Å². The number of carbonyl (C=O) groups excluding carboxylic acids is 2. The summed E-state index contributed by atoms with van der Waals surface area (Å²) in [6, 6.07) is 28.1. The van der Waals surface area contributed by atoms with Gasteiger partial charge in [-0.05, 0) is 52.6 Å². The van der Waals surface area contributed by atoms with Crippen LogP contribution in [0.15, 0.2) is 99.9 Å². The molecule has 32 heavy (non-hydrogen) atoms. The topological polar surface area (TPSA) is 43.4 Å². The Labute approximate surface area is 203 Å². The number of hydrogen-bond acceptors (Lipinski definition) is 3. The standard InChI is InChI=1S/C27H18Br2O3/c1-32-27(31)25-16-19(10-15-23(25)18-8-13-21(29)14-9-18)26(30)24-5-3-2-4-22(24)17-6-11-20(28)12-7-17/h2-16H,1H3. The maximum atomic E-state index is 13.5. The van der Waals surface area contributed by atoms with Crippen LogP contribution < -0.4 is 0 Å². The predicted octanol–water partition coefficient (Wildman–Crippen LogP) is 7.56. The lowest BCUT2D eigenvalue weighted by Crippen LogP contribution is -2.09. The zero-order valence-electron chi connectivity index (χ0n) is 17.1. The van der Waals surface area contributed by atoms with E-state index in [0.717, 1.165) is 25.6 Å². The highest BCUT2D eigenvalue weighted by Gasteiger charge is 2.20. The number of ether oxygens (including phenoxy) is 1. The van der Waals surface area contributed by atoms with Crippen molar-refractivity contribution in [3.63, 3.8) is 0 Å². The largest absolute Gasteiger partial charge is 0.465 e. The van der Waals surface area contributed by atoms with E-state index in [1.807, 2.05) is 66.7 Å². The molecular formula is C27H18Br2O3. The van der Waals surface area contributed by atoms with Crippen molar-refractivity contribution in [3.05, 3.63) is 117 Å². The molecule has 0 N–H and O–H groups in total. The second-order valence-electron chi connectivity index (χ2n) is 7.14. The highest BCUT2D eigenvalue weighted by molar-refractivity contribution is 9.10. The number of benzene rings is 4. The average molecular weight is 550 g/mol. The van der Waals surface area contributed by atoms with Crippen LogP contribution in [-0.2, 0) is 4.74 Å². The Morgan fingerprint density at radius 1 is 0.656 bits per heavy atom. The summed E-state index contributed by atoms with van der Waals surface area (Å²) in [5.74, 6) is -0.644. The Morgan fingerprint density at radius 3 is 1.75 bits per heavy atom. The van der Waals surface area contributed by atoms with Gasteiger partial charge in [-0.15, -0.1) is 0 Å². The van der Waals surface area contributed by atoms with Crippen LogP contribution in [0.2, 0.25) is 0 Å². The van der Waals surface area contributed by atoms with Crippen LogP contribution in [0.3, 0.4) is 0 Å². The molecule has 0 atom stereocenters. The molecule has 5 heteroatoms. The van der Waals surface area contributed by atoms with E-state index in [4.69, 9.17) is 4.74 Å². The molecule has 0 amide bonds. The summed E-state index contributed by atoms with van der Waals surface area (Å²) < 4.78 is 6.91. The van der Waals surface area contributed by atoms with Crippen molar-refractivity contribution in [2.75, 3.05) is 7.11 Å². The molecule has 0 saturated carbocycles. The van der Waals surface area contributed by atoms with Crippen molar-refractivity contribution in [1.82, 2.24) is 0 Å². The van der Waals surface area contributed by atoms with Gasteiger partial charge in [-0.2, -0.15) is 0 Å². The average Bonchev–Trinajstić information content (AvgIpc) is 2.84. The van der Waals surface area contributed by atoms with E-state index in [9.17, 15) is 9.59 Å². The molecular weight excluding hydrogens is 532 g/mol. The van der Waals surface area contributed by atoms with E-state index < -0.39 is 5.97 Å². The monoisotopic (exact) mass is 548 g/mol. The van der Waals surface area contributed by atoms with Gasteiger partial charge in [-0.25, -0.2) is 4.79 Å². The maximum Gasteiger partial charge on any atom is 0.338 e. The smallest absolute Gasteiger partial charge is 0.338 e. The predicted molar refractivity (Wildman–Crippen MR) is 134 cm³/mol. The van der Waals surface area contributed by atoms with Gasteiger partial charge in [0.1, 0.15) is 0 Å². The van der Waals surface area contributed by atoms with E-state index in [-0.39, 0.29) is 5.78 Å². The zero-order chi connectivity index (χ0) is 22.7. The number of halogens is 2. The van der Waals surface area contributed by atoms with Crippen LogP contribution in [0.25, 0.3) is 22.3 Å². The first-order valence-electron chi connectivity index (χ1n) is 9.86. The molecule has 0 fully saturated rings. The third-order valence-corrected chi connectivity index (χ3v) is 6.23. The van der Waals surface area contributed by atoms with Gasteiger partial charge >= 0.3 is 5.97 Å². The molecule has 0 aliphatic heterocycles. The first kappa shape index (κ1) is 22.2. The summed E-state index contributed by atoms with van der Waals surface area (Å²) in [5, 5.41) is 0. The van der Waals surface area contributed by atoms with Crippen molar-refractivity contribution in [2.24, 2.45) is 0 Å². The Kier molecular flexibility index (Phi) is 6.68. The summed E-state index contributed by atoms with van der Waals surface area (Å²) >= 11 is 6.87. The lowest BCUT2D eigenvalue weighted by molar-refractivity contribution is 0.0601. The summed E-state index contributed by atoms with van der Waals surface area (Å²) in [7, 11) is 1.34. The van der Waals surface area contributed by atoms with Crippen LogP contribution in [0.4, 0.5) is 0 Å². The van der Waals surface area contributed by atoms with Crippen molar-refractivity contribution in [2.45, 2.75) is 0 Å². The van der Waals surface area contributed by atoms with Crippen molar-refractivity contribution in [3.8, 4) is 22.3 Å². The van der Waals surface area contributed by atoms with Gasteiger partial charge in [0.2, 0.25) is 0 Å². The second-order valence-corrected chi connectivity index (χ2v) is 8.97. The van der Waals surface area contributed by atoms with Gasteiger partial charge < -0.3 is 4.74 Å². The Morgan fingerprint density at radius 2 is 1.19 bits per heavy atom. The number of hydrogen-bond donors (Lipinski definition) is 0. The zero-order valence-corrected chi connectivity index (χ0v) is 20.3. The highest BCUT2D eigenvalue weighted by atomic mass is 79.9. The molecule has 3 nitrogen and oxygen atoms in total. The summed E-state index contributed by atoms with van der Waals surface area (Å²) in [5.41, 5.74) is 4.70. The molecule has 4 rings (SSSR count). The quantitative estimate of drug-likeness (QED) is 0.190. The third kappa shape index (κ3) is 4.59. The van der Waals surface area contributed by atoms with Crippen LogP contribution in [0.1, 0.15) is 26.3 Å². The van der Waals surface area contributed by atoms with Gasteiger partial charge in [0.15, 0.2) is 5.78 Å². The van der Waals surface area contributed by atoms with Crippen molar-refractivity contribution in [1.29, 1.82) is 0 Å². The Bertz CT molecular complexity index is 1290. The maximum absolute atomic E-state index is 13.5. The van der Waals surface area contributed by atoms with E-state index in [1.54, 1.807) is 24.3 Å². The normalized spacial score (nSPS) is 10.6. The highest BCUT2D eigenvalue weighted by Crippen LogP contribution is 2.30. The Hall–Kier alpha value is -3.02. The molecule has 0 aliphatic rings. The second kappa shape index (κ2) is 9.63. The molecule has 4 aromatic carbocycles. The molecule has 158 valence electrons. The molecule has 0 saturated heterocycles. The van der Waals surface area contributed by atoms with Crippen molar-refractivity contribution < 1.29 is 14.3 Å². The summed E-state index contributed by atoms with van der Waals surface area (Å²) in [6.45, 7) is 0. The number of rotatable bonds is 5. The van der Waals surface area contributed by atoms with Gasteiger partial charge in [0, 0.05) is 20.1 Å². The van der Waals surface area contributed by atoms with E-state index in [0.29, 0.717) is 22.3 Å². The molecule has 0 radical (unpaired) electrons. The SMILES string of the molecule is COC(=O)c1cc(C(=O)c2ccccc2-c2ccc(Br)cc2)ccc1-c1ccc(Br)cc1. The van der Waals surface area contributed by atoms with E-state index in [2.05, 4.69) is 31.9 Å². The van der Waals surface area contributed by atoms with E-state index in [1.165, 1.54) is 7.11 Å². The van der Waals surface area contributed by atoms with Crippen molar-refractivity contribution >= 4 is 43.6 Å². The lowest BCUT2D eigenvalue weighted by atomic mass is 9.91. The molecule has 0 heterocycles. The van der Waals surface area contributed by atoms with Gasteiger partial charge in [-0.3, -0.25) is 4.79 Å². The first-order chi connectivity index (χ1) is 15.5.